The molecule has 1 unspecified atom stereocenters. The summed E-state index contributed by atoms with van der Waals surface area (Å²) in [7, 11) is -3.65. The Morgan fingerprint density at radius 3 is 2.69 bits per heavy atom. The van der Waals surface area contributed by atoms with E-state index in [1.54, 1.807) is 18.3 Å². The van der Waals surface area contributed by atoms with Gasteiger partial charge in [0.05, 0.1) is 22.2 Å². The average Bonchev–Trinajstić information content (AvgIpc) is 3.26. The van der Waals surface area contributed by atoms with Crippen LogP contribution in [0, 0.1) is 0 Å². The molecule has 0 radical (unpaired) electrons. The molecule has 1 aliphatic heterocycles. The van der Waals surface area contributed by atoms with E-state index in [9.17, 15) is 13.2 Å². The maximum Gasteiger partial charge on any atom is 0.255 e. The molecule has 7 nitrogen and oxygen atoms in total. The Bertz CT molecular complexity index is 1120. The van der Waals surface area contributed by atoms with Crippen LogP contribution in [0.25, 0.3) is 10.9 Å². The van der Waals surface area contributed by atoms with Crippen molar-refractivity contribution < 1.29 is 17.9 Å². The minimum Gasteiger partial charge on any atom is -0.377 e. The van der Waals surface area contributed by atoms with Crippen LogP contribution >= 0.6 is 0 Å². The molecule has 2 N–H and O–H groups in total. The summed E-state index contributed by atoms with van der Waals surface area (Å²) in [6, 6.07) is 15.0. The van der Waals surface area contributed by atoms with E-state index in [0.717, 1.165) is 23.7 Å². The molecule has 2 heterocycles. The maximum atomic E-state index is 12.6. The number of carbonyl (C=O) groups excluding carboxylic acids is 1. The van der Waals surface area contributed by atoms with Gasteiger partial charge >= 0.3 is 0 Å². The molecule has 3 aromatic rings. The van der Waals surface area contributed by atoms with Crippen molar-refractivity contribution in [3.05, 3.63) is 66.4 Å². The Labute approximate surface area is 169 Å². The van der Waals surface area contributed by atoms with Crippen LogP contribution in [0.4, 0.5) is 5.69 Å². The highest BCUT2D eigenvalue weighted by Crippen LogP contribution is 2.22. The smallest absolute Gasteiger partial charge is 0.255 e. The van der Waals surface area contributed by atoms with Gasteiger partial charge in [-0.25, -0.2) is 13.1 Å². The van der Waals surface area contributed by atoms with Crippen molar-refractivity contribution in [2.75, 3.05) is 18.5 Å². The van der Waals surface area contributed by atoms with E-state index in [-0.39, 0.29) is 23.5 Å². The number of fused-ring (bicyclic) bond motifs is 1. The number of nitrogens with one attached hydrogen (secondary N) is 2. The summed E-state index contributed by atoms with van der Waals surface area (Å²) in [6.45, 7) is 0.919. The Morgan fingerprint density at radius 1 is 1.10 bits per heavy atom. The average molecular weight is 411 g/mol. The number of benzene rings is 2. The van der Waals surface area contributed by atoms with E-state index in [1.807, 2.05) is 18.2 Å². The highest BCUT2D eigenvalue weighted by Gasteiger charge is 2.20. The van der Waals surface area contributed by atoms with Gasteiger partial charge in [0.15, 0.2) is 0 Å². The lowest BCUT2D eigenvalue weighted by Crippen LogP contribution is -2.31. The molecule has 1 aliphatic rings. The van der Waals surface area contributed by atoms with Crippen LogP contribution in [0.15, 0.2) is 65.7 Å². The van der Waals surface area contributed by atoms with E-state index < -0.39 is 10.0 Å². The van der Waals surface area contributed by atoms with Gasteiger partial charge in [0, 0.05) is 30.3 Å². The van der Waals surface area contributed by atoms with Crippen LogP contribution in [-0.4, -0.2) is 38.6 Å². The summed E-state index contributed by atoms with van der Waals surface area (Å²) in [5.41, 5.74) is 1.79. The highest BCUT2D eigenvalue weighted by molar-refractivity contribution is 7.89. The Kier molecular flexibility index (Phi) is 5.57. The fraction of sp³-hybridized carbons (Fsp3) is 0.238. The van der Waals surface area contributed by atoms with Crippen molar-refractivity contribution in [3.63, 3.8) is 0 Å². The van der Waals surface area contributed by atoms with Crippen LogP contribution in [0.3, 0.4) is 0 Å². The zero-order valence-corrected chi connectivity index (χ0v) is 16.5. The van der Waals surface area contributed by atoms with Crippen molar-refractivity contribution in [2.24, 2.45) is 0 Å². The molecule has 0 aliphatic carbocycles. The molecular weight excluding hydrogens is 390 g/mol. The summed E-state index contributed by atoms with van der Waals surface area (Å²) < 4.78 is 32.9. The summed E-state index contributed by atoms with van der Waals surface area (Å²) >= 11 is 0. The Hall–Kier alpha value is -2.81. The van der Waals surface area contributed by atoms with Crippen LogP contribution in [-0.2, 0) is 14.8 Å². The number of rotatable bonds is 6. The molecule has 0 bridgehead atoms. The van der Waals surface area contributed by atoms with Crippen LogP contribution < -0.4 is 10.0 Å². The molecule has 4 rings (SSSR count). The van der Waals surface area contributed by atoms with Crippen LogP contribution in [0.5, 0.6) is 0 Å². The topological polar surface area (TPSA) is 97.4 Å². The molecule has 29 heavy (non-hydrogen) atoms. The van der Waals surface area contributed by atoms with Crippen molar-refractivity contribution in [3.8, 4) is 0 Å². The molecule has 0 spiro atoms. The lowest BCUT2D eigenvalue weighted by atomic mass is 10.1. The quantitative estimate of drug-likeness (QED) is 0.650. The Morgan fingerprint density at radius 2 is 1.93 bits per heavy atom. The molecule has 1 fully saturated rings. The van der Waals surface area contributed by atoms with Crippen LogP contribution in [0.1, 0.15) is 23.2 Å². The first-order valence-corrected chi connectivity index (χ1v) is 10.9. The first-order valence-electron chi connectivity index (χ1n) is 9.39. The van der Waals surface area contributed by atoms with Gasteiger partial charge in [-0.3, -0.25) is 9.78 Å². The van der Waals surface area contributed by atoms with E-state index in [2.05, 4.69) is 15.0 Å². The van der Waals surface area contributed by atoms with E-state index >= 15 is 0 Å². The fourth-order valence-electron chi connectivity index (χ4n) is 3.28. The first kappa shape index (κ1) is 19.5. The zero-order chi connectivity index (χ0) is 20.3. The SMILES string of the molecule is O=C(Nc1cccc2ncccc12)c1ccc(S(=O)(=O)NCC2CCCO2)cc1. The molecule has 8 heteroatoms. The largest absolute Gasteiger partial charge is 0.377 e. The number of amides is 1. The van der Waals surface area contributed by atoms with Crippen molar-refractivity contribution in [2.45, 2.75) is 23.8 Å². The molecule has 1 aromatic heterocycles. The summed E-state index contributed by atoms with van der Waals surface area (Å²) in [4.78, 5) is 17.0. The number of carbonyl (C=O) groups is 1. The van der Waals surface area contributed by atoms with Gasteiger partial charge in [0.1, 0.15) is 0 Å². The van der Waals surface area contributed by atoms with Crippen molar-refractivity contribution in [1.82, 2.24) is 9.71 Å². The number of anilines is 1. The normalized spacial score (nSPS) is 16.8. The molecule has 2 aromatic carbocycles. The number of hydrogen-bond acceptors (Lipinski definition) is 5. The van der Waals surface area contributed by atoms with Crippen LogP contribution in [0.2, 0.25) is 0 Å². The molecule has 1 saturated heterocycles. The van der Waals surface area contributed by atoms with Crippen molar-refractivity contribution >= 4 is 32.5 Å². The second-order valence-electron chi connectivity index (χ2n) is 6.84. The summed E-state index contributed by atoms with van der Waals surface area (Å²) in [5, 5.41) is 3.70. The van der Waals surface area contributed by atoms with E-state index in [4.69, 9.17) is 4.74 Å². The monoisotopic (exact) mass is 411 g/mol. The number of hydrogen-bond donors (Lipinski definition) is 2. The summed E-state index contributed by atoms with van der Waals surface area (Å²) in [5.74, 6) is -0.322. The molecule has 150 valence electrons. The van der Waals surface area contributed by atoms with Gasteiger partial charge in [-0.1, -0.05) is 6.07 Å². The molecular formula is C21H21N3O4S. The van der Waals surface area contributed by atoms with Gasteiger partial charge in [0.2, 0.25) is 10.0 Å². The fourth-order valence-corrected chi connectivity index (χ4v) is 4.35. The lowest BCUT2D eigenvalue weighted by Gasteiger charge is -2.12. The number of ether oxygens (including phenoxy) is 1. The zero-order valence-electron chi connectivity index (χ0n) is 15.7. The molecule has 1 atom stereocenters. The number of sulfonamides is 1. The second kappa shape index (κ2) is 8.28. The number of nitrogens with zero attached hydrogens (tertiary/aromatic N) is 1. The molecule has 0 saturated carbocycles. The summed E-state index contributed by atoms with van der Waals surface area (Å²) in [6.07, 6.45) is 3.42. The minimum atomic E-state index is -3.65. The Balaban J connectivity index is 1.46. The van der Waals surface area contributed by atoms with Crippen molar-refractivity contribution in [1.29, 1.82) is 0 Å². The van der Waals surface area contributed by atoms with E-state index in [0.29, 0.717) is 17.9 Å². The van der Waals surface area contributed by atoms with Gasteiger partial charge in [0.25, 0.3) is 5.91 Å². The lowest BCUT2D eigenvalue weighted by molar-refractivity contribution is 0.102. The van der Waals surface area contributed by atoms with Gasteiger partial charge in [-0.15, -0.1) is 0 Å². The highest BCUT2D eigenvalue weighted by atomic mass is 32.2. The van der Waals surface area contributed by atoms with Gasteiger partial charge < -0.3 is 10.1 Å². The standard InChI is InChI=1S/C21H21N3O4S/c25-21(24-20-7-1-6-19-18(20)5-2-12-22-19)15-8-10-17(11-9-15)29(26,27)23-14-16-4-3-13-28-16/h1-2,5-12,16,23H,3-4,13-14H2,(H,24,25). The number of pyridine rings is 1. The third-order valence-electron chi connectivity index (χ3n) is 4.85. The maximum absolute atomic E-state index is 12.6. The van der Waals surface area contributed by atoms with Gasteiger partial charge in [-0.05, 0) is 61.4 Å². The second-order valence-corrected chi connectivity index (χ2v) is 8.61. The predicted octanol–water partition coefficient (Wildman–Crippen LogP) is 2.94. The first-order chi connectivity index (χ1) is 14.0. The van der Waals surface area contributed by atoms with Gasteiger partial charge in [-0.2, -0.15) is 0 Å². The minimum absolute atomic E-state index is 0.0787. The van der Waals surface area contributed by atoms with E-state index in [1.165, 1.54) is 24.3 Å². The molecule has 1 amide bonds. The number of aromatic nitrogens is 1. The third kappa shape index (κ3) is 4.45. The third-order valence-corrected chi connectivity index (χ3v) is 6.29. The predicted molar refractivity (Wildman–Crippen MR) is 110 cm³/mol.